The van der Waals surface area contributed by atoms with Crippen molar-refractivity contribution in [2.24, 2.45) is 5.92 Å². The molecule has 1 aliphatic rings. The van der Waals surface area contributed by atoms with Crippen molar-refractivity contribution in [1.82, 2.24) is 4.90 Å². The molecule has 1 heterocycles. The highest BCUT2D eigenvalue weighted by atomic mass is 16.6. The Balaban J connectivity index is 1.54. The fourth-order valence-corrected chi connectivity index (χ4v) is 3.28. The number of hydrogen-bond acceptors (Lipinski definition) is 4. The van der Waals surface area contributed by atoms with E-state index in [1.165, 1.54) is 0 Å². The van der Waals surface area contributed by atoms with E-state index in [1.54, 1.807) is 4.90 Å². The molecule has 1 atom stereocenters. The van der Waals surface area contributed by atoms with Crippen LogP contribution < -0.4 is 0 Å². The molecule has 0 aliphatic carbocycles. The van der Waals surface area contributed by atoms with Crippen LogP contribution >= 0.6 is 0 Å². The van der Waals surface area contributed by atoms with E-state index >= 15 is 0 Å². The molecule has 1 aliphatic heterocycles. The molecular weight excluding hydrogens is 358 g/mol. The lowest BCUT2D eigenvalue weighted by molar-refractivity contribution is -0.136. The van der Waals surface area contributed by atoms with Gasteiger partial charge in [-0.05, 0) is 23.1 Å². The molecule has 2 aromatic rings. The average molecular weight is 383 g/mol. The van der Waals surface area contributed by atoms with E-state index in [0.717, 1.165) is 23.1 Å². The van der Waals surface area contributed by atoms with Crippen molar-refractivity contribution in [3.8, 4) is 0 Å². The molecule has 1 unspecified atom stereocenters. The highest BCUT2D eigenvalue weighted by Crippen LogP contribution is 2.16. The van der Waals surface area contributed by atoms with Crippen LogP contribution in [0.5, 0.6) is 0 Å². The second kappa shape index (κ2) is 9.90. The van der Waals surface area contributed by atoms with Crippen LogP contribution in [0.4, 0.5) is 4.79 Å². The van der Waals surface area contributed by atoms with E-state index in [4.69, 9.17) is 14.6 Å². The lowest BCUT2D eigenvalue weighted by Gasteiger charge is -2.23. The molecule has 1 fully saturated rings. The summed E-state index contributed by atoms with van der Waals surface area (Å²) >= 11 is 0. The number of hydrogen-bond donors (Lipinski definition) is 1. The SMILES string of the molecule is O=C(O)Cc1ccc(CC2COCCN(C(=O)OCc3ccccc3)C2)cc1. The summed E-state index contributed by atoms with van der Waals surface area (Å²) in [5, 5.41) is 8.86. The van der Waals surface area contributed by atoms with E-state index in [-0.39, 0.29) is 25.0 Å². The maximum atomic E-state index is 12.5. The van der Waals surface area contributed by atoms with Crippen molar-refractivity contribution >= 4 is 12.1 Å². The minimum atomic E-state index is -0.838. The van der Waals surface area contributed by atoms with Gasteiger partial charge in [-0.15, -0.1) is 0 Å². The molecule has 1 saturated heterocycles. The quantitative estimate of drug-likeness (QED) is 0.829. The van der Waals surface area contributed by atoms with Gasteiger partial charge in [0.2, 0.25) is 0 Å². The van der Waals surface area contributed by atoms with Gasteiger partial charge in [0.1, 0.15) is 6.61 Å². The number of carboxylic acids is 1. The Kier molecular flexibility index (Phi) is 7.03. The standard InChI is InChI=1S/C22H25NO5/c24-21(25)13-18-8-6-17(7-9-18)12-20-14-23(10-11-27-15-20)22(26)28-16-19-4-2-1-3-5-19/h1-9,20H,10-16H2,(H,24,25). The minimum absolute atomic E-state index is 0.0217. The summed E-state index contributed by atoms with van der Waals surface area (Å²) in [4.78, 5) is 25.0. The number of benzene rings is 2. The zero-order valence-electron chi connectivity index (χ0n) is 15.8. The van der Waals surface area contributed by atoms with Crippen LogP contribution in [0.1, 0.15) is 16.7 Å². The van der Waals surface area contributed by atoms with E-state index in [1.807, 2.05) is 54.6 Å². The summed E-state index contributed by atoms with van der Waals surface area (Å²) in [6.45, 7) is 2.42. The molecule has 148 valence electrons. The van der Waals surface area contributed by atoms with E-state index in [2.05, 4.69) is 0 Å². The van der Waals surface area contributed by atoms with Gasteiger partial charge in [-0.3, -0.25) is 4.79 Å². The van der Waals surface area contributed by atoms with Gasteiger partial charge in [0.25, 0.3) is 0 Å². The first kappa shape index (κ1) is 19.9. The first-order valence-corrected chi connectivity index (χ1v) is 9.43. The number of carboxylic acid groups (broad SMARTS) is 1. The second-order valence-corrected chi connectivity index (χ2v) is 7.02. The molecule has 6 nitrogen and oxygen atoms in total. The second-order valence-electron chi connectivity index (χ2n) is 7.02. The maximum absolute atomic E-state index is 12.5. The van der Waals surface area contributed by atoms with Gasteiger partial charge in [0, 0.05) is 19.0 Å². The molecule has 2 aromatic carbocycles. The van der Waals surface area contributed by atoms with Crippen molar-refractivity contribution in [3.05, 3.63) is 71.3 Å². The van der Waals surface area contributed by atoms with E-state index in [0.29, 0.717) is 26.3 Å². The molecule has 1 N–H and O–H groups in total. The third-order valence-electron chi connectivity index (χ3n) is 4.70. The van der Waals surface area contributed by atoms with Crippen LogP contribution in [0.2, 0.25) is 0 Å². The Morgan fingerprint density at radius 3 is 2.46 bits per heavy atom. The lowest BCUT2D eigenvalue weighted by Crippen LogP contribution is -2.36. The number of carbonyl (C=O) groups excluding carboxylic acids is 1. The summed E-state index contributed by atoms with van der Waals surface area (Å²) in [5.41, 5.74) is 2.83. The van der Waals surface area contributed by atoms with Crippen molar-refractivity contribution < 1.29 is 24.2 Å². The molecule has 1 amide bonds. The van der Waals surface area contributed by atoms with Crippen molar-refractivity contribution in [1.29, 1.82) is 0 Å². The molecule has 0 saturated carbocycles. The predicted octanol–water partition coefficient (Wildman–Crippen LogP) is 3.14. The van der Waals surface area contributed by atoms with Crippen LogP contribution in [0.25, 0.3) is 0 Å². The molecule has 28 heavy (non-hydrogen) atoms. The summed E-state index contributed by atoms with van der Waals surface area (Å²) < 4.78 is 11.1. The molecule has 0 aromatic heterocycles. The van der Waals surface area contributed by atoms with Crippen molar-refractivity contribution in [2.45, 2.75) is 19.4 Å². The van der Waals surface area contributed by atoms with E-state index < -0.39 is 5.97 Å². The summed E-state index contributed by atoms with van der Waals surface area (Å²) in [6.07, 6.45) is 0.458. The largest absolute Gasteiger partial charge is 0.481 e. The van der Waals surface area contributed by atoms with Crippen LogP contribution in [-0.4, -0.2) is 48.4 Å². The van der Waals surface area contributed by atoms with Gasteiger partial charge in [-0.2, -0.15) is 0 Å². The third kappa shape index (κ3) is 6.09. The Labute approximate surface area is 164 Å². The lowest BCUT2D eigenvalue weighted by atomic mass is 9.98. The smallest absolute Gasteiger partial charge is 0.410 e. The number of carbonyl (C=O) groups is 2. The fourth-order valence-electron chi connectivity index (χ4n) is 3.28. The summed E-state index contributed by atoms with van der Waals surface area (Å²) in [6, 6.07) is 17.2. The highest BCUT2D eigenvalue weighted by molar-refractivity contribution is 5.70. The third-order valence-corrected chi connectivity index (χ3v) is 4.70. The van der Waals surface area contributed by atoms with Gasteiger partial charge in [0.05, 0.1) is 19.6 Å². The highest BCUT2D eigenvalue weighted by Gasteiger charge is 2.23. The first-order chi connectivity index (χ1) is 13.6. The first-order valence-electron chi connectivity index (χ1n) is 9.43. The fraction of sp³-hybridized carbons (Fsp3) is 0.364. The molecular formula is C22H25NO5. The number of nitrogens with zero attached hydrogens (tertiary/aromatic N) is 1. The summed E-state index contributed by atoms with van der Waals surface area (Å²) in [7, 11) is 0. The van der Waals surface area contributed by atoms with Crippen LogP contribution in [0.3, 0.4) is 0 Å². The average Bonchev–Trinajstić information content (AvgIpc) is 2.94. The molecule has 0 bridgehead atoms. The molecule has 6 heteroatoms. The Hall–Kier alpha value is -2.86. The number of rotatable bonds is 6. The van der Waals surface area contributed by atoms with Crippen molar-refractivity contribution in [2.75, 3.05) is 26.3 Å². The van der Waals surface area contributed by atoms with Gasteiger partial charge >= 0.3 is 12.1 Å². The normalized spacial score (nSPS) is 17.0. The Bertz CT molecular complexity index is 775. The zero-order valence-corrected chi connectivity index (χ0v) is 15.8. The van der Waals surface area contributed by atoms with Crippen LogP contribution in [0, 0.1) is 5.92 Å². The Morgan fingerprint density at radius 1 is 1.04 bits per heavy atom. The Morgan fingerprint density at radius 2 is 1.75 bits per heavy atom. The number of ether oxygens (including phenoxy) is 2. The topological polar surface area (TPSA) is 76.1 Å². The van der Waals surface area contributed by atoms with Gasteiger partial charge in [-0.25, -0.2) is 4.79 Å². The molecule has 3 rings (SSSR count). The zero-order chi connectivity index (χ0) is 19.8. The molecule has 0 radical (unpaired) electrons. The predicted molar refractivity (Wildman–Crippen MR) is 104 cm³/mol. The maximum Gasteiger partial charge on any atom is 0.410 e. The van der Waals surface area contributed by atoms with Gasteiger partial charge in [0.15, 0.2) is 0 Å². The van der Waals surface area contributed by atoms with Crippen molar-refractivity contribution in [3.63, 3.8) is 0 Å². The van der Waals surface area contributed by atoms with E-state index in [9.17, 15) is 9.59 Å². The number of aliphatic carboxylic acids is 1. The molecule has 0 spiro atoms. The van der Waals surface area contributed by atoms with Crippen LogP contribution in [0.15, 0.2) is 54.6 Å². The van der Waals surface area contributed by atoms with Gasteiger partial charge < -0.3 is 19.5 Å². The minimum Gasteiger partial charge on any atom is -0.481 e. The summed E-state index contributed by atoms with van der Waals surface area (Å²) in [5.74, 6) is -0.674. The number of amides is 1. The monoisotopic (exact) mass is 383 g/mol. The van der Waals surface area contributed by atoms with Crippen LogP contribution in [-0.2, 0) is 33.7 Å². The van der Waals surface area contributed by atoms with Gasteiger partial charge in [-0.1, -0.05) is 54.6 Å².